The van der Waals surface area contributed by atoms with Crippen molar-refractivity contribution in [2.75, 3.05) is 32.1 Å². The Morgan fingerprint density at radius 3 is 2.62 bits per heavy atom. The molecule has 1 aliphatic rings. The standard InChI is InChI=1S/C21H27N6O3S.Y/c1-4-5-17-18-19(26(3)25-17)21(28)24-20(23-18)16-12-15(7-6-14(16)2)31(29,30)13-27-10-8-22-9-11-27;/h6-7,12H,4-5,8-11,13H2,1-3H3,(H,23,24,28);/q-1;. The fraction of sp³-hybridized carbons (Fsp3) is 0.476. The summed E-state index contributed by atoms with van der Waals surface area (Å²) in [5, 5.41) is 8.71. The van der Waals surface area contributed by atoms with Crippen LogP contribution in [0, 0.1) is 6.92 Å². The molecule has 0 unspecified atom stereocenters. The Morgan fingerprint density at radius 1 is 1.22 bits per heavy atom. The van der Waals surface area contributed by atoms with Crippen molar-refractivity contribution in [3.8, 4) is 11.4 Å². The van der Waals surface area contributed by atoms with Crippen LogP contribution >= 0.6 is 0 Å². The van der Waals surface area contributed by atoms with E-state index in [2.05, 4.69) is 20.4 Å². The smallest absolute Gasteiger partial charge is 0.277 e. The van der Waals surface area contributed by atoms with Gasteiger partial charge >= 0.3 is 0 Å². The number of nitrogens with one attached hydrogen (secondary N) is 1. The Morgan fingerprint density at radius 2 is 1.94 bits per heavy atom. The third kappa shape index (κ3) is 5.04. The van der Waals surface area contributed by atoms with Gasteiger partial charge in [0.15, 0.2) is 15.4 Å². The molecule has 0 amide bonds. The Balaban J connectivity index is 0.00000289. The molecule has 0 spiro atoms. The summed E-state index contributed by atoms with van der Waals surface area (Å²) in [4.78, 5) is 22.4. The van der Waals surface area contributed by atoms with Gasteiger partial charge in [0.25, 0.3) is 5.56 Å². The van der Waals surface area contributed by atoms with Crippen LogP contribution in [0.1, 0.15) is 24.6 Å². The van der Waals surface area contributed by atoms with E-state index >= 15 is 0 Å². The predicted molar refractivity (Wildman–Crippen MR) is 120 cm³/mol. The molecule has 1 N–H and O–H groups in total. The van der Waals surface area contributed by atoms with Crippen LogP contribution in [0.15, 0.2) is 27.9 Å². The van der Waals surface area contributed by atoms with E-state index in [-0.39, 0.29) is 49.0 Å². The summed E-state index contributed by atoms with van der Waals surface area (Å²) >= 11 is 0. The topological polar surface area (TPSA) is 115 Å². The zero-order valence-corrected chi connectivity index (χ0v) is 22.3. The second-order valence-electron chi connectivity index (χ2n) is 7.94. The number of hydrogen-bond donors (Lipinski definition) is 1. The second kappa shape index (κ2) is 10.2. The average molecular weight is 532 g/mol. The molecule has 32 heavy (non-hydrogen) atoms. The van der Waals surface area contributed by atoms with Crippen LogP contribution in [0.4, 0.5) is 0 Å². The molecule has 3 aromatic rings. The van der Waals surface area contributed by atoms with E-state index in [1.807, 2.05) is 18.7 Å². The molecule has 0 bridgehead atoms. The van der Waals surface area contributed by atoms with Crippen molar-refractivity contribution in [1.82, 2.24) is 24.6 Å². The van der Waals surface area contributed by atoms with E-state index < -0.39 is 9.84 Å². The zero-order valence-electron chi connectivity index (χ0n) is 18.6. The summed E-state index contributed by atoms with van der Waals surface area (Å²) in [5.41, 5.74) is 2.89. The molecule has 169 valence electrons. The number of piperazine rings is 1. The molecule has 0 aliphatic carbocycles. The van der Waals surface area contributed by atoms with Crippen molar-refractivity contribution in [3.63, 3.8) is 0 Å². The van der Waals surface area contributed by atoms with Crippen LogP contribution in [0.2, 0.25) is 0 Å². The maximum atomic E-state index is 13.0. The summed E-state index contributed by atoms with van der Waals surface area (Å²) in [6.07, 6.45) is 1.59. The van der Waals surface area contributed by atoms with Crippen molar-refractivity contribution in [3.05, 3.63) is 45.1 Å². The Hall–Kier alpha value is -1.46. The molecule has 9 nitrogen and oxygen atoms in total. The summed E-state index contributed by atoms with van der Waals surface area (Å²) in [5.74, 6) is 0.311. The minimum atomic E-state index is -3.52. The molecule has 11 heteroatoms. The first kappa shape index (κ1) is 25.2. The van der Waals surface area contributed by atoms with Crippen LogP contribution in [0.3, 0.4) is 0 Å². The normalized spacial score (nSPS) is 15.1. The fourth-order valence-electron chi connectivity index (χ4n) is 3.92. The quantitative estimate of drug-likeness (QED) is 0.520. The van der Waals surface area contributed by atoms with Gasteiger partial charge in [0.1, 0.15) is 17.2 Å². The van der Waals surface area contributed by atoms with Crippen LogP contribution in [-0.4, -0.2) is 65.1 Å². The van der Waals surface area contributed by atoms with Gasteiger partial charge in [0, 0.05) is 45.3 Å². The molecule has 3 heterocycles. The van der Waals surface area contributed by atoms with Gasteiger partial charge in [-0.15, -0.1) is 13.1 Å². The summed E-state index contributed by atoms with van der Waals surface area (Å²) in [6.45, 7) is 6.52. The number of H-pyrrole nitrogens is 1. The first-order chi connectivity index (χ1) is 14.8. The molecule has 1 aromatic carbocycles. The third-order valence-electron chi connectivity index (χ3n) is 5.57. The molecule has 1 radical (unpaired) electrons. The van der Waals surface area contributed by atoms with E-state index in [1.165, 1.54) is 0 Å². The SMILES string of the molecule is CCCc1nn(C)c2c(=O)[nH]c(-c3cc(S(=O)(=O)CN4CC[N-]CC4)ccc3C)nc12.[Y]. The van der Waals surface area contributed by atoms with Crippen molar-refractivity contribution in [2.24, 2.45) is 7.05 Å². The maximum Gasteiger partial charge on any atom is 0.277 e. The molecule has 1 aliphatic heterocycles. The number of aromatic amines is 1. The summed E-state index contributed by atoms with van der Waals surface area (Å²) < 4.78 is 27.6. The molecular formula is C21H27N6O3SY-. The number of aromatic nitrogens is 4. The molecule has 0 atom stereocenters. The number of sulfone groups is 1. The number of rotatable bonds is 6. The van der Waals surface area contributed by atoms with Gasteiger partial charge in [-0.2, -0.15) is 5.10 Å². The molecule has 4 rings (SSSR count). The fourth-order valence-corrected chi connectivity index (χ4v) is 5.38. The summed E-state index contributed by atoms with van der Waals surface area (Å²) in [7, 11) is -1.80. The van der Waals surface area contributed by atoms with E-state index in [1.54, 1.807) is 29.9 Å². The van der Waals surface area contributed by atoms with Gasteiger partial charge in [-0.25, -0.2) is 13.4 Å². The molecule has 1 fully saturated rings. The minimum Gasteiger partial charge on any atom is -0.660 e. The Bertz CT molecular complexity index is 1280. The van der Waals surface area contributed by atoms with E-state index in [0.717, 1.165) is 17.7 Å². The van der Waals surface area contributed by atoms with Crippen molar-refractivity contribution >= 4 is 20.9 Å². The van der Waals surface area contributed by atoms with E-state index in [0.29, 0.717) is 55.0 Å². The monoisotopic (exact) mass is 532 g/mol. The van der Waals surface area contributed by atoms with Gasteiger partial charge in [0.2, 0.25) is 0 Å². The van der Waals surface area contributed by atoms with Crippen LogP contribution in [0.5, 0.6) is 0 Å². The van der Waals surface area contributed by atoms with Crippen LogP contribution < -0.4 is 5.56 Å². The molecule has 2 aromatic heterocycles. The summed E-state index contributed by atoms with van der Waals surface area (Å²) in [6, 6.07) is 4.98. The maximum absolute atomic E-state index is 13.0. The van der Waals surface area contributed by atoms with Gasteiger partial charge in [0.05, 0.1) is 10.6 Å². The molecule has 1 saturated heterocycles. The Kier molecular flexibility index (Phi) is 8.04. The Labute approximate surface area is 212 Å². The molecule has 0 saturated carbocycles. The van der Waals surface area contributed by atoms with Crippen molar-refractivity contribution in [2.45, 2.75) is 31.6 Å². The minimum absolute atomic E-state index is 0. The third-order valence-corrected chi connectivity index (χ3v) is 7.25. The zero-order chi connectivity index (χ0) is 22.2. The molecular weight excluding hydrogens is 505 g/mol. The van der Waals surface area contributed by atoms with Crippen molar-refractivity contribution < 1.29 is 41.1 Å². The van der Waals surface area contributed by atoms with E-state index in [4.69, 9.17) is 0 Å². The van der Waals surface area contributed by atoms with Gasteiger partial charge in [-0.1, -0.05) is 19.4 Å². The van der Waals surface area contributed by atoms with E-state index in [9.17, 15) is 13.2 Å². The first-order valence-electron chi connectivity index (χ1n) is 10.5. The first-order valence-corrected chi connectivity index (χ1v) is 12.1. The van der Waals surface area contributed by atoms with Crippen molar-refractivity contribution in [1.29, 1.82) is 0 Å². The number of fused-ring (bicyclic) bond motifs is 1. The second-order valence-corrected chi connectivity index (χ2v) is 9.90. The largest absolute Gasteiger partial charge is 0.660 e. The number of nitrogens with zero attached hydrogens (tertiary/aromatic N) is 5. The van der Waals surface area contributed by atoms with Gasteiger partial charge in [-0.05, 0) is 44.1 Å². The number of aryl methyl sites for hydroxylation is 3. The average Bonchev–Trinajstić information content (AvgIpc) is 3.04. The van der Waals surface area contributed by atoms with Gasteiger partial charge < -0.3 is 10.3 Å². The number of benzene rings is 1. The predicted octanol–water partition coefficient (Wildman–Crippen LogP) is 2.00. The van der Waals surface area contributed by atoms with Gasteiger partial charge in [-0.3, -0.25) is 14.4 Å². The van der Waals surface area contributed by atoms with Crippen LogP contribution in [-0.2, 0) is 56.0 Å². The number of hydrogen-bond acceptors (Lipinski definition) is 6. The van der Waals surface area contributed by atoms with Crippen LogP contribution in [0.25, 0.3) is 27.7 Å².